The van der Waals surface area contributed by atoms with Crippen molar-refractivity contribution in [2.45, 2.75) is 79.1 Å². The Kier molecular flexibility index (Phi) is 36.4. The molecule has 0 amide bonds. The largest absolute Gasteiger partial charge is 0.478 e. The summed E-state index contributed by atoms with van der Waals surface area (Å²) in [5.41, 5.74) is 8.06. The van der Waals surface area contributed by atoms with E-state index in [1.165, 1.54) is 23.8 Å². The number of aromatic carboxylic acids is 1. The maximum absolute atomic E-state index is 11.6. The van der Waals surface area contributed by atoms with Crippen molar-refractivity contribution >= 4 is 41.9 Å². The number of allylic oxidation sites excluding steroid dienone is 4. The number of aliphatic carboxylic acids is 1. The summed E-state index contributed by atoms with van der Waals surface area (Å²) >= 11 is 0. The van der Waals surface area contributed by atoms with Gasteiger partial charge in [0.15, 0.2) is 0 Å². The number of carboxylic acids is 2. The van der Waals surface area contributed by atoms with Gasteiger partial charge in [-0.15, -0.1) is 0 Å². The SMILES string of the molecule is CC(C)=CCC/C(C)=C/CCC(=O)Oc1ccccc1.CCOC(=O)Cc1ccccc1.COC(=O)Cc1ccccc1.O=C(Cc1ccccc1)OCCc1ccccc1.O=C(O)/C=C/c1ccccc1.O=C(O)c1ccccc1. The van der Waals surface area contributed by atoms with Crippen molar-refractivity contribution in [1.29, 1.82) is 0 Å². The number of hydrogen-bond acceptors (Lipinski definition) is 10. The van der Waals surface area contributed by atoms with Crippen LogP contribution in [0.4, 0.5) is 0 Å². The highest BCUT2D eigenvalue weighted by Gasteiger charge is 2.06. The molecule has 0 bridgehead atoms. The standard InChI is InChI=1S/C18H24O2.C16H16O2.C10H12O2.C9H10O2.C9H8O2.C7H6O2/c1-15(2)9-7-10-16(3)11-8-14-18(19)20-17-12-5-4-6-13-17;17-16(13-15-9-5-2-6-10-15)18-12-11-14-7-3-1-4-8-14;1-2-12-10(11)8-9-6-4-3-5-7-9;1-11-9(10)7-8-5-3-2-4-6-8;10-9(11)7-6-8-4-2-1-3-5-8;8-7(9)6-4-2-1-3-5-6/h4-6,9,11-13H,7-8,10,14H2,1-3H3;1-10H,11-13H2;3-7H,2,8H2,1H3;2-6H,7H2,1H3;1-7H,(H,10,11);1-5H,(H,8,9)/b16-11+;;;;7-6+;. The van der Waals surface area contributed by atoms with Gasteiger partial charge < -0.3 is 29.2 Å². The molecule has 7 rings (SSSR count). The number of esters is 4. The van der Waals surface area contributed by atoms with Crippen LogP contribution >= 0.6 is 0 Å². The first kappa shape index (κ1) is 67.7. The molecule has 7 aromatic rings. The summed E-state index contributed by atoms with van der Waals surface area (Å²) in [6, 6.07) is 65.5. The molecule has 0 heterocycles. The summed E-state index contributed by atoms with van der Waals surface area (Å²) < 4.78 is 19.8. The van der Waals surface area contributed by atoms with E-state index in [-0.39, 0.29) is 23.9 Å². The second-order valence-electron chi connectivity index (χ2n) is 17.8. The Balaban J connectivity index is 0.000000340. The van der Waals surface area contributed by atoms with E-state index in [2.05, 4.69) is 37.7 Å². The average molecular weight is 1100 g/mol. The first-order chi connectivity index (χ1) is 39.2. The summed E-state index contributed by atoms with van der Waals surface area (Å²) in [6.07, 6.45) is 12.2. The van der Waals surface area contributed by atoms with Gasteiger partial charge in [-0.05, 0) is 105 Å². The van der Waals surface area contributed by atoms with E-state index < -0.39 is 11.9 Å². The first-order valence-corrected chi connectivity index (χ1v) is 26.5. The summed E-state index contributed by atoms with van der Waals surface area (Å²) in [6.45, 7) is 9.03. The van der Waals surface area contributed by atoms with E-state index in [0.29, 0.717) is 50.2 Å². The molecule has 2 N–H and O–H groups in total. The number of rotatable bonds is 20. The molecule has 0 aromatic heterocycles. The van der Waals surface area contributed by atoms with Gasteiger partial charge >= 0.3 is 35.8 Å². The monoisotopic (exact) mass is 1100 g/mol. The lowest BCUT2D eigenvalue weighted by Gasteiger charge is -2.05. The highest BCUT2D eigenvalue weighted by atomic mass is 16.5. The second-order valence-corrected chi connectivity index (χ2v) is 17.8. The summed E-state index contributed by atoms with van der Waals surface area (Å²) in [7, 11) is 1.39. The molecular formula is C69H76O12. The van der Waals surface area contributed by atoms with Gasteiger partial charge in [0, 0.05) is 18.9 Å². The van der Waals surface area contributed by atoms with Crippen LogP contribution in [0.15, 0.2) is 242 Å². The Labute approximate surface area is 478 Å². The molecule has 81 heavy (non-hydrogen) atoms. The van der Waals surface area contributed by atoms with Gasteiger partial charge in [0.2, 0.25) is 0 Å². The molecule has 12 heteroatoms. The zero-order valence-electron chi connectivity index (χ0n) is 47.1. The van der Waals surface area contributed by atoms with Gasteiger partial charge in [0.05, 0.1) is 45.1 Å². The number of methoxy groups -OCH3 is 1. The Morgan fingerprint density at radius 3 is 1.28 bits per heavy atom. The molecule has 0 saturated heterocycles. The van der Waals surface area contributed by atoms with Crippen LogP contribution in [-0.2, 0) is 63.9 Å². The summed E-state index contributed by atoms with van der Waals surface area (Å²) in [5, 5.41) is 16.7. The molecule has 0 spiro atoms. The minimum Gasteiger partial charge on any atom is -0.478 e. The quantitative estimate of drug-likeness (QED) is 0.0243. The second kappa shape index (κ2) is 43.5. The fourth-order valence-electron chi connectivity index (χ4n) is 6.66. The molecule has 0 aliphatic heterocycles. The summed E-state index contributed by atoms with van der Waals surface area (Å²) in [5.74, 6) is -1.90. The highest BCUT2D eigenvalue weighted by molar-refractivity contribution is 5.87. The molecule has 0 unspecified atom stereocenters. The predicted octanol–water partition coefficient (Wildman–Crippen LogP) is 14.4. The van der Waals surface area contributed by atoms with E-state index in [4.69, 9.17) is 24.4 Å². The predicted molar refractivity (Wildman–Crippen MR) is 320 cm³/mol. The smallest absolute Gasteiger partial charge is 0.335 e. The number of carboxylic acid groups (broad SMARTS) is 2. The van der Waals surface area contributed by atoms with E-state index in [1.54, 1.807) is 48.5 Å². The van der Waals surface area contributed by atoms with Crippen LogP contribution < -0.4 is 4.74 Å². The first-order valence-electron chi connectivity index (χ1n) is 26.5. The van der Waals surface area contributed by atoms with Gasteiger partial charge in [-0.1, -0.05) is 211 Å². The van der Waals surface area contributed by atoms with Crippen LogP contribution in [0.25, 0.3) is 6.08 Å². The van der Waals surface area contributed by atoms with Gasteiger partial charge in [-0.3, -0.25) is 19.2 Å². The third kappa shape index (κ3) is 37.1. The molecule has 0 fully saturated rings. The van der Waals surface area contributed by atoms with Crippen molar-refractivity contribution in [2.75, 3.05) is 20.3 Å². The molecule has 12 nitrogen and oxygen atoms in total. The zero-order chi connectivity index (χ0) is 59.1. The molecule has 7 aromatic carbocycles. The van der Waals surface area contributed by atoms with Crippen molar-refractivity contribution < 1.29 is 57.9 Å². The van der Waals surface area contributed by atoms with Crippen LogP contribution in [-0.4, -0.2) is 66.4 Å². The molecule has 0 atom stereocenters. The number of carbonyl (C=O) groups is 6. The van der Waals surface area contributed by atoms with Crippen LogP contribution in [0.2, 0.25) is 0 Å². The van der Waals surface area contributed by atoms with Crippen molar-refractivity contribution in [2.24, 2.45) is 0 Å². The maximum atomic E-state index is 11.6. The molecule has 424 valence electrons. The molecular weight excluding hydrogens is 1020 g/mol. The van der Waals surface area contributed by atoms with Crippen molar-refractivity contribution in [3.05, 3.63) is 275 Å². The number of para-hydroxylation sites is 1. The third-order valence-electron chi connectivity index (χ3n) is 10.7. The minimum atomic E-state index is -0.922. The van der Waals surface area contributed by atoms with Gasteiger partial charge in [0.1, 0.15) is 5.75 Å². The molecule has 0 radical (unpaired) electrons. The Bertz CT molecular complexity index is 2900. The molecule has 0 saturated carbocycles. The summed E-state index contributed by atoms with van der Waals surface area (Å²) in [4.78, 5) is 65.3. The lowest BCUT2D eigenvalue weighted by molar-refractivity contribution is -0.143. The fourth-order valence-corrected chi connectivity index (χ4v) is 6.66. The average Bonchev–Trinajstić information content (AvgIpc) is 3.47. The topological polar surface area (TPSA) is 180 Å². The molecule has 0 aliphatic rings. The van der Waals surface area contributed by atoms with Crippen molar-refractivity contribution in [3.8, 4) is 5.75 Å². The Hall–Kier alpha value is -9.42. The number of hydrogen-bond donors (Lipinski definition) is 2. The minimum absolute atomic E-state index is 0.163. The van der Waals surface area contributed by atoms with E-state index in [9.17, 15) is 28.8 Å². The van der Waals surface area contributed by atoms with Crippen molar-refractivity contribution in [1.82, 2.24) is 0 Å². The fraction of sp³-hybridized carbons (Fsp3) is 0.217. The molecule has 0 aliphatic carbocycles. The number of ether oxygens (including phenoxy) is 4. The van der Waals surface area contributed by atoms with E-state index >= 15 is 0 Å². The Morgan fingerprint density at radius 1 is 0.457 bits per heavy atom. The number of benzene rings is 7. The highest BCUT2D eigenvalue weighted by Crippen LogP contribution is 2.12. The van der Waals surface area contributed by atoms with Crippen LogP contribution in [0, 0.1) is 0 Å². The third-order valence-corrected chi connectivity index (χ3v) is 10.7. The van der Waals surface area contributed by atoms with Gasteiger partial charge in [-0.25, -0.2) is 9.59 Å². The van der Waals surface area contributed by atoms with E-state index in [0.717, 1.165) is 54.0 Å². The Morgan fingerprint density at radius 2 is 0.864 bits per heavy atom. The zero-order valence-corrected chi connectivity index (χ0v) is 47.1. The van der Waals surface area contributed by atoms with Crippen molar-refractivity contribution in [3.63, 3.8) is 0 Å². The van der Waals surface area contributed by atoms with Gasteiger partial charge in [-0.2, -0.15) is 0 Å². The van der Waals surface area contributed by atoms with Crippen LogP contribution in [0.5, 0.6) is 5.75 Å². The normalized spacial score (nSPS) is 9.96. The van der Waals surface area contributed by atoms with Gasteiger partial charge in [0.25, 0.3) is 0 Å². The maximum Gasteiger partial charge on any atom is 0.335 e. The lowest BCUT2D eigenvalue weighted by atomic mass is 10.1. The van der Waals surface area contributed by atoms with Crippen LogP contribution in [0.3, 0.4) is 0 Å². The lowest BCUT2D eigenvalue weighted by Crippen LogP contribution is -2.10. The van der Waals surface area contributed by atoms with Crippen LogP contribution in [0.1, 0.15) is 91.6 Å². The van der Waals surface area contributed by atoms with E-state index in [1.807, 2.05) is 177 Å². The number of carbonyl (C=O) groups excluding carboxylic acids is 4.